The third kappa shape index (κ3) is 2.94. The SMILES string of the molecule is Nc1ccn(OC[C@H]2O[C@@H](n3cnc4c(=O)[nH]c(N)nc43)C(O)C2O)c(=O)n1. The van der Waals surface area contributed by atoms with Crippen LogP contribution in [-0.4, -0.2) is 64.4 Å². The average Bonchev–Trinajstić information content (AvgIpc) is 3.17. The minimum atomic E-state index is -1.38. The van der Waals surface area contributed by atoms with E-state index in [1.165, 1.54) is 23.2 Å². The van der Waals surface area contributed by atoms with Crippen LogP contribution in [0.2, 0.25) is 0 Å². The minimum Gasteiger partial charge on any atom is -0.407 e. The van der Waals surface area contributed by atoms with E-state index in [-0.39, 0.29) is 29.5 Å². The molecular formula is C14H16N8O6. The number of fused-ring (bicyclic) bond motifs is 1. The van der Waals surface area contributed by atoms with Crippen molar-refractivity contribution in [3.05, 3.63) is 39.4 Å². The zero-order valence-corrected chi connectivity index (χ0v) is 14.2. The van der Waals surface area contributed by atoms with Gasteiger partial charge in [-0.3, -0.25) is 14.3 Å². The standard InChI is InChI=1S/C14H16N8O6/c15-6-1-2-22(14(26)18-6)27-3-5-8(23)9(24)12(28-5)21-4-17-7-10(21)19-13(16)20-11(7)25/h1-2,4-5,8-9,12,23-24H,3H2,(H2,15,18,26)(H3,16,19,20,25)/t5-,8?,9?,12-/m1/s1. The molecule has 3 aromatic heterocycles. The smallest absolute Gasteiger partial charge is 0.382 e. The van der Waals surface area contributed by atoms with Crippen molar-refractivity contribution in [2.45, 2.75) is 24.5 Å². The van der Waals surface area contributed by atoms with Crippen LogP contribution in [0, 0.1) is 0 Å². The van der Waals surface area contributed by atoms with E-state index < -0.39 is 35.8 Å². The fourth-order valence-corrected chi connectivity index (χ4v) is 2.88. The van der Waals surface area contributed by atoms with E-state index in [1.54, 1.807) is 0 Å². The number of aromatic nitrogens is 6. The maximum atomic E-state index is 11.9. The van der Waals surface area contributed by atoms with E-state index in [4.69, 9.17) is 21.0 Å². The first-order valence-corrected chi connectivity index (χ1v) is 8.07. The monoisotopic (exact) mass is 392 g/mol. The summed E-state index contributed by atoms with van der Waals surface area (Å²) in [4.78, 5) is 42.6. The van der Waals surface area contributed by atoms with Crippen molar-refractivity contribution >= 4 is 22.9 Å². The molecular weight excluding hydrogens is 376 g/mol. The van der Waals surface area contributed by atoms with Gasteiger partial charge in [-0.05, 0) is 0 Å². The van der Waals surface area contributed by atoms with Crippen LogP contribution in [0.5, 0.6) is 0 Å². The number of H-pyrrole nitrogens is 1. The number of aliphatic hydroxyl groups is 2. The van der Waals surface area contributed by atoms with Gasteiger partial charge in [0.2, 0.25) is 5.95 Å². The molecule has 0 bridgehead atoms. The molecule has 0 spiro atoms. The molecule has 4 atom stereocenters. The Labute approximate surface area is 154 Å². The van der Waals surface area contributed by atoms with Gasteiger partial charge in [0.15, 0.2) is 17.4 Å². The third-order valence-corrected chi connectivity index (χ3v) is 4.23. The molecule has 28 heavy (non-hydrogen) atoms. The summed E-state index contributed by atoms with van der Waals surface area (Å²) in [7, 11) is 0. The quantitative estimate of drug-likeness (QED) is 0.295. The van der Waals surface area contributed by atoms with E-state index in [0.29, 0.717) is 0 Å². The van der Waals surface area contributed by atoms with Crippen LogP contribution in [0.4, 0.5) is 11.8 Å². The molecule has 14 nitrogen and oxygen atoms in total. The van der Waals surface area contributed by atoms with Crippen LogP contribution in [0.15, 0.2) is 28.2 Å². The highest BCUT2D eigenvalue weighted by Gasteiger charge is 2.45. The molecule has 0 aromatic carbocycles. The third-order valence-electron chi connectivity index (χ3n) is 4.23. The first-order valence-electron chi connectivity index (χ1n) is 8.07. The van der Waals surface area contributed by atoms with Gasteiger partial charge in [0.25, 0.3) is 5.56 Å². The Morgan fingerprint density at radius 2 is 2.04 bits per heavy atom. The highest BCUT2D eigenvalue weighted by atomic mass is 16.7. The van der Waals surface area contributed by atoms with Gasteiger partial charge in [0.05, 0.1) is 12.5 Å². The van der Waals surface area contributed by atoms with Crippen molar-refractivity contribution in [2.75, 3.05) is 18.1 Å². The van der Waals surface area contributed by atoms with Crippen LogP contribution in [0.3, 0.4) is 0 Å². The van der Waals surface area contributed by atoms with Crippen molar-refractivity contribution in [1.29, 1.82) is 0 Å². The second-order valence-corrected chi connectivity index (χ2v) is 6.08. The van der Waals surface area contributed by atoms with E-state index in [1.807, 2.05) is 0 Å². The second-order valence-electron chi connectivity index (χ2n) is 6.08. The van der Waals surface area contributed by atoms with E-state index in [2.05, 4.69) is 19.9 Å². The molecule has 4 heterocycles. The molecule has 7 N–H and O–H groups in total. The summed E-state index contributed by atoms with van der Waals surface area (Å²) in [5.41, 5.74) is 9.73. The van der Waals surface area contributed by atoms with Gasteiger partial charge in [-0.15, -0.1) is 4.73 Å². The zero-order valence-electron chi connectivity index (χ0n) is 14.2. The molecule has 3 aromatic rings. The molecule has 0 radical (unpaired) electrons. The number of imidazole rings is 1. The van der Waals surface area contributed by atoms with Crippen LogP contribution in [0.1, 0.15) is 6.23 Å². The molecule has 0 aliphatic carbocycles. The van der Waals surface area contributed by atoms with Gasteiger partial charge in [-0.25, -0.2) is 9.78 Å². The topological polar surface area (TPSA) is 209 Å². The molecule has 148 valence electrons. The number of rotatable bonds is 4. The van der Waals surface area contributed by atoms with Crippen molar-refractivity contribution in [3.8, 4) is 0 Å². The Morgan fingerprint density at radius 1 is 1.25 bits per heavy atom. The highest BCUT2D eigenvalue weighted by Crippen LogP contribution is 2.30. The molecule has 1 saturated heterocycles. The van der Waals surface area contributed by atoms with Crippen molar-refractivity contribution < 1.29 is 19.8 Å². The lowest BCUT2D eigenvalue weighted by Gasteiger charge is -2.16. The average molecular weight is 392 g/mol. The fourth-order valence-electron chi connectivity index (χ4n) is 2.88. The van der Waals surface area contributed by atoms with Crippen LogP contribution < -0.4 is 27.6 Å². The number of hydrogen-bond acceptors (Lipinski definition) is 11. The summed E-state index contributed by atoms with van der Waals surface area (Å²) in [6.07, 6.45) is -2.33. The Kier molecular flexibility index (Phi) is 4.21. The van der Waals surface area contributed by atoms with Crippen molar-refractivity contribution in [3.63, 3.8) is 0 Å². The molecule has 0 amide bonds. The summed E-state index contributed by atoms with van der Waals surface area (Å²) in [5.74, 6) is -0.103. The van der Waals surface area contributed by atoms with Gasteiger partial charge in [0, 0.05) is 6.07 Å². The summed E-state index contributed by atoms with van der Waals surface area (Å²) in [6, 6.07) is 1.36. The Bertz CT molecular complexity index is 1140. The van der Waals surface area contributed by atoms with E-state index >= 15 is 0 Å². The number of nitrogens with zero attached hydrogens (tertiary/aromatic N) is 5. The first-order chi connectivity index (χ1) is 13.3. The van der Waals surface area contributed by atoms with Gasteiger partial charge in [-0.2, -0.15) is 9.97 Å². The van der Waals surface area contributed by atoms with Crippen molar-refractivity contribution in [2.24, 2.45) is 0 Å². The molecule has 2 unspecified atom stereocenters. The number of anilines is 2. The second kappa shape index (κ2) is 6.59. The van der Waals surface area contributed by atoms with Crippen LogP contribution in [-0.2, 0) is 4.74 Å². The largest absolute Gasteiger partial charge is 0.407 e. The molecule has 1 aliphatic rings. The molecule has 1 fully saturated rings. The number of aliphatic hydroxyl groups excluding tert-OH is 2. The van der Waals surface area contributed by atoms with Gasteiger partial charge < -0.3 is 31.3 Å². The zero-order chi connectivity index (χ0) is 20.0. The number of nitrogen functional groups attached to an aromatic ring is 2. The number of ether oxygens (including phenoxy) is 1. The predicted molar refractivity (Wildman–Crippen MR) is 92.8 cm³/mol. The number of aromatic amines is 1. The maximum Gasteiger partial charge on any atom is 0.382 e. The maximum absolute atomic E-state index is 11.9. The number of hydrogen-bond donors (Lipinski definition) is 5. The lowest BCUT2D eigenvalue weighted by Crippen LogP contribution is -2.38. The Morgan fingerprint density at radius 3 is 2.79 bits per heavy atom. The van der Waals surface area contributed by atoms with Gasteiger partial charge in [-0.1, -0.05) is 0 Å². The highest BCUT2D eigenvalue weighted by molar-refractivity contribution is 5.70. The summed E-state index contributed by atoms with van der Waals surface area (Å²) < 4.78 is 7.75. The molecule has 14 heteroatoms. The molecule has 0 saturated carbocycles. The van der Waals surface area contributed by atoms with Gasteiger partial charge >= 0.3 is 5.69 Å². The summed E-state index contributed by atoms with van der Waals surface area (Å²) >= 11 is 0. The molecule has 4 rings (SSSR count). The van der Waals surface area contributed by atoms with E-state index in [9.17, 15) is 19.8 Å². The van der Waals surface area contributed by atoms with Gasteiger partial charge in [0.1, 0.15) is 30.7 Å². The minimum absolute atomic E-state index is 0.00121. The number of nitrogens with one attached hydrogen (secondary N) is 1. The summed E-state index contributed by atoms with van der Waals surface area (Å²) in [6.45, 7) is -0.275. The normalized spacial score (nSPS) is 24.6. The predicted octanol–water partition coefficient (Wildman–Crippen LogP) is -3.41. The van der Waals surface area contributed by atoms with E-state index in [0.717, 1.165) is 4.73 Å². The first kappa shape index (κ1) is 17.9. The Hall–Kier alpha value is -3.49. The fraction of sp³-hybridized carbons (Fsp3) is 0.357. The van der Waals surface area contributed by atoms with Crippen LogP contribution >= 0.6 is 0 Å². The Balaban J connectivity index is 1.56. The lowest BCUT2D eigenvalue weighted by atomic mass is 10.1. The molecule has 1 aliphatic heterocycles. The lowest BCUT2D eigenvalue weighted by molar-refractivity contribution is -0.0692. The number of nitrogens with two attached hydrogens (primary N) is 2. The summed E-state index contributed by atoms with van der Waals surface area (Å²) in [5, 5.41) is 20.6. The van der Waals surface area contributed by atoms with Crippen molar-refractivity contribution in [1.82, 2.24) is 29.2 Å². The van der Waals surface area contributed by atoms with Crippen LogP contribution in [0.25, 0.3) is 11.2 Å².